The van der Waals surface area contributed by atoms with Crippen LogP contribution in [0.4, 0.5) is 4.39 Å². The second-order valence-corrected chi connectivity index (χ2v) is 4.66. The summed E-state index contributed by atoms with van der Waals surface area (Å²) in [5, 5.41) is 11.8. The van der Waals surface area contributed by atoms with Gasteiger partial charge in [-0.25, -0.2) is 4.39 Å². The van der Waals surface area contributed by atoms with E-state index in [1.54, 1.807) is 6.07 Å². The first kappa shape index (κ1) is 12.8. The van der Waals surface area contributed by atoms with Crippen molar-refractivity contribution in [2.75, 3.05) is 20.3 Å². The van der Waals surface area contributed by atoms with Crippen molar-refractivity contribution < 1.29 is 19.0 Å². The van der Waals surface area contributed by atoms with Crippen LogP contribution in [0.2, 0.25) is 0 Å². The average molecular weight is 253 g/mol. The second kappa shape index (κ2) is 4.94. The van der Waals surface area contributed by atoms with Crippen LogP contribution in [-0.4, -0.2) is 31.3 Å². The highest BCUT2D eigenvalue weighted by molar-refractivity contribution is 5.94. The minimum absolute atomic E-state index is 0.0388. The number of methoxy groups -OCH3 is 1. The van der Waals surface area contributed by atoms with Crippen molar-refractivity contribution in [3.8, 4) is 5.75 Å². The molecular formula is C13H16FNO3. The van der Waals surface area contributed by atoms with Gasteiger partial charge in [0.1, 0.15) is 0 Å². The molecular weight excluding hydrogens is 237 g/mol. The molecule has 98 valence electrons. The topological polar surface area (TPSA) is 58.6 Å². The molecule has 5 heteroatoms. The van der Waals surface area contributed by atoms with Crippen LogP contribution >= 0.6 is 0 Å². The second-order valence-electron chi connectivity index (χ2n) is 4.66. The third-order valence-corrected chi connectivity index (χ3v) is 3.34. The van der Waals surface area contributed by atoms with Gasteiger partial charge in [-0.05, 0) is 25.0 Å². The zero-order valence-corrected chi connectivity index (χ0v) is 10.2. The highest BCUT2D eigenvalue weighted by Gasteiger charge is 2.42. The molecule has 0 bridgehead atoms. The van der Waals surface area contributed by atoms with E-state index in [0.29, 0.717) is 6.54 Å². The number of halogens is 1. The van der Waals surface area contributed by atoms with Gasteiger partial charge in [0.15, 0.2) is 11.6 Å². The van der Waals surface area contributed by atoms with Gasteiger partial charge in [-0.15, -0.1) is 0 Å². The van der Waals surface area contributed by atoms with Gasteiger partial charge >= 0.3 is 0 Å². The van der Waals surface area contributed by atoms with Crippen LogP contribution in [0.3, 0.4) is 0 Å². The highest BCUT2D eigenvalue weighted by Crippen LogP contribution is 2.44. The summed E-state index contributed by atoms with van der Waals surface area (Å²) in [6, 6.07) is 4.43. The fourth-order valence-electron chi connectivity index (χ4n) is 1.77. The van der Waals surface area contributed by atoms with Gasteiger partial charge in [-0.3, -0.25) is 4.79 Å². The van der Waals surface area contributed by atoms with E-state index in [2.05, 4.69) is 5.32 Å². The first-order valence-electron chi connectivity index (χ1n) is 5.83. The zero-order chi connectivity index (χ0) is 13.2. The third-order valence-electron chi connectivity index (χ3n) is 3.34. The molecule has 0 heterocycles. The molecule has 2 rings (SSSR count). The summed E-state index contributed by atoms with van der Waals surface area (Å²) < 4.78 is 18.6. The minimum atomic E-state index is -0.661. The van der Waals surface area contributed by atoms with Crippen molar-refractivity contribution in [1.29, 1.82) is 0 Å². The Morgan fingerprint density at radius 2 is 2.28 bits per heavy atom. The van der Waals surface area contributed by atoms with Crippen LogP contribution in [0.5, 0.6) is 5.75 Å². The number of hydrogen-bond acceptors (Lipinski definition) is 3. The minimum Gasteiger partial charge on any atom is -0.494 e. The highest BCUT2D eigenvalue weighted by atomic mass is 19.1. The molecule has 1 aliphatic rings. The van der Waals surface area contributed by atoms with Crippen molar-refractivity contribution in [1.82, 2.24) is 5.32 Å². The molecule has 1 fully saturated rings. The van der Waals surface area contributed by atoms with Crippen molar-refractivity contribution in [3.63, 3.8) is 0 Å². The Hall–Kier alpha value is -1.62. The first-order valence-corrected chi connectivity index (χ1v) is 5.83. The van der Waals surface area contributed by atoms with Crippen LogP contribution < -0.4 is 10.1 Å². The molecule has 0 aromatic heterocycles. The molecule has 0 saturated heterocycles. The molecule has 0 atom stereocenters. The average Bonchev–Trinajstić information content (AvgIpc) is 3.17. The Kier molecular flexibility index (Phi) is 3.52. The summed E-state index contributed by atoms with van der Waals surface area (Å²) in [6.07, 6.45) is 1.79. The van der Waals surface area contributed by atoms with Crippen LogP contribution in [0.15, 0.2) is 18.2 Å². The number of aliphatic hydroxyl groups excluding tert-OH is 1. The van der Waals surface area contributed by atoms with E-state index in [1.807, 2.05) is 0 Å². The Morgan fingerprint density at radius 3 is 2.83 bits per heavy atom. The Morgan fingerprint density at radius 1 is 1.56 bits per heavy atom. The van der Waals surface area contributed by atoms with Crippen LogP contribution in [0, 0.1) is 11.2 Å². The predicted molar refractivity (Wildman–Crippen MR) is 64.0 cm³/mol. The van der Waals surface area contributed by atoms with Crippen LogP contribution in [0.25, 0.3) is 0 Å². The van der Waals surface area contributed by atoms with Crippen molar-refractivity contribution >= 4 is 5.91 Å². The lowest BCUT2D eigenvalue weighted by Gasteiger charge is -2.13. The molecule has 0 aliphatic heterocycles. The van der Waals surface area contributed by atoms with Crippen molar-refractivity contribution in [2.45, 2.75) is 12.8 Å². The van der Waals surface area contributed by atoms with Gasteiger partial charge in [-0.1, -0.05) is 6.07 Å². The number of carbonyl (C=O) groups is 1. The smallest absolute Gasteiger partial charge is 0.254 e. The summed E-state index contributed by atoms with van der Waals surface area (Å²) in [6.45, 7) is 0.423. The quantitative estimate of drug-likeness (QED) is 0.832. The molecule has 2 N–H and O–H groups in total. The number of aliphatic hydroxyl groups is 1. The lowest BCUT2D eigenvalue weighted by atomic mass is 10.1. The maximum atomic E-state index is 13.8. The largest absolute Gasteiger partial charge is 0.494 e. The third kappa shape index (κ3) is 2.46. The van der Waals surface area contributed by atoms with E-state index in [1.165, 1.54) is 19.2 Å². The molecule has 4 nitrogen and oxygen atoms in total. The number of benzene rings is 1. The van der Waals surface area contributed by atoms with E-state index in [-0.39, 0.29) is 23.3 Å². The standard InChI is InChI=1S/C13H16FNO3/c1-18-10-4-2-3-9(11(10)14)12(17)15-7-13(8-16)5-6-13/h2-4,16H,5-8H2,1H3,(H,15,17). The number of ether oxygens (including phenoxy) is 1. The van der Waals surface area contributed by atoms with Gasteiger partial charge in [0.05, 0.1) is 19.3 Å². The molecule has 0 spiro atoms. The summed E-state index contributed by atoms with van der Waals surface area (Å²) in [5.41, 5.74) is -0.228. The maximum absolute atomic E-state index is 13.8. The lowest BCUT2D eigenvalue weighted by Crippen LogP contribution is -2.32. The van der Waals surface area contributed by atoms with E-state index >= 15 is 0 Å². The molecule has 1 saturated carbocycles. The van der Waals surface area contributed by atoms with Gasteiger partial charge in [0.25, 0.3) is 5.91 Å². The summed E-state index contributed by atoms with van der Waals surface area (Å²) in [7, 11) is 1.35. The van der Waals surface area contributed by atoms with Crippen molar-refractivity contribution in [2.24, 2.45) is 5.41 Å². The zero-order valence-electron chi connectivity index (χ0n) is 10.2. The maximum Gasteiger partial charge on any atom is 0.254 e. The number of rotatable bonds is 5. The van der Waals surface area contributed by atoms with E-state index in [4.69, 9.17) is 9.84 Å². The SMILES string of the molecule is COc1cccc(C(=O)NCC2(CO)CC2)c1F. The number of hydrogen-bond donors (Lipinski definition) is 2. The van der Waals surface area contributed by atoms with Gasteiger partial charge in [0, 0.05) is 12.0 Å². The molecule has 1 aromatic carbocycles. The fourth-order valence-corrected chi connectivity index (χ4v) is 1.77. The van der Waals surface area contributed by atoms with E-state index in [0.717, 1.165) is 12.8 Å². The first-order chi connectivity index (χ1) is 8.62. The Bertz CT molecular complexity index is 458. The predicted octanol–water partition coefficient (Wildman–Crippen LogP) is 1.34. The molecule has 1 aromatic rings. The number of nitrogens with one attached hydrogen (secondary N) is 1. The Labute approximate surface area is 105 Å². The summed E-state index contributed by atoms with van der Waals surface area (Å²) >= 11 is 0. The molecule has 1 aliphatic carbocycles. The van der Waals surface area contributed by atoms with E-state index < -0.39 is 11.7 Å². The van der Waals surface area contributed by atoms with Gasteiger partial charge < -0.3 is 15.2 Å². The molecule has 18 heavy (non-hydrogen) atoms. The van der Waals surface area contributed by atoms with Crippen LogP contribution in [-0.2, 0) is 0 Å². The summed E-state index contributed by atoms with van der Waals surface area (Å²) in [4.78, 5) is 11.8. The fraction of sp³-hybridized carbons (Fsp3) is 0.462. The Balaban J connectivity index is 2.05. The molecule has 0 radical (unpaired) electrons. The number of amides is 1. The summed E-state index contributed by atoms with van der Waals surface area (Å²) in [5.74, 6) is -1.09. The van der Waals surface area contributed by atoms with Gasteiger partial charge in [0.2, 0.25) is 0 Å². The van der Waals surface area contributed by atoms with Gasteiger partial charge in [-0.2, -0.15) is 0 Å². The molecule has 1 amide bonds. The van der Waals surface area contributed by atoms with E-state index in [9.17, 15) is 9.18 Å². The lowest BCUT2D eigenvalue weighted by molar-refractivity contribution is 0.0930. The monoisotopic (exact) mass is 253 g/mol. The van der Waals surface area contributed by atoms with Crippen LogP contribution in [0.1, 0.15) is 23.2 Å². The van der Waals surface area contributed by atoms with Crippen molar-refractivity contribution in [3.05, 3.63) is 29.6 Å². The normalized spacial score (nSPS) is 16.2. The molecule has 0 unspecified atom stereocenters. The number of carbonyl (C=O) groups excluding carboxylic acids is 1.